The summed E-state index contributed by atoms with van der Waals surface area (Å²) >= 11 is 0. The van der Waals surface area contributed by atoms with E-state index in [0.717, 1.165) is 61.7 Å². The summed E-state index contributed by atoms with van der Waals surface area (Å²) in [5.41, 5.74) is 11.1. The quantitative estimate of drug-likeness (QED) is 0.0441. The monoisotopic (exact) mass is 797 g/mol. The van der Waals surface area contributed by atoms with E-state index in [9.17, 15) is 24.3 Å². The first kappa shape index (κ1) is 45.3. The van der Waals surface area contributed by atoms with E-state index < -0.39 is 30.1 Å². The van der Waals surface area contributed by atoms with Gasteiger partial charge in [0.25, 0.3) is 0 Å². The van der Waals surface area contributed by atoms with Gasteiger partial charge in [0, 0.05) is 36.7 Å². The summed E-state index contributed by atoms with van der Waals surface area (Å²) in [6.07, 6.45) is 11.5. The number of nitrogens with one attached hydrogen (secondary N) is 4. The van der Waals surface area contributed by atoms with Crippen LogP contribution in [0.25, 0.3) is 10.9 Å². The van der Waals surface area contributed by atoms with Crippen molar-refractivity contribution in [1.82, 2.24) is 25.8 Å². The van der Waals surface area contributed by atoms with Gasteiger partial charge in [-0.05, 0) is 111 Å². The van der Waals surface area contributed by atoms with Crippen molar-refractivity contribution in [2.45, 2.75) is 123 Å². The largest absolute Gasteiger partial charge is 0.475 e. The number of aryl methyl sites for hydroxylation is 2. The van der Waals surface area contributed by atoms with Crippen molar-refractivity contribution in [3.63, 3.8) is 0 Å². The fourth-order valence-corrected chi connectivity index (χ4v) is 6.76. The summed E-state index contributed by atoms with van der Waals surface area (Å²) in [7, 11) is 0. The van der Waals surface area contributed by atoms with Crippen molar-refractivity contribution < 1.29 is 29.0 Å². The summed E-state index contributed by atoms with van der Waals surface area (Å²) in [6.45, 7) is 12.8. The minimum Gasteiger partial charge on any atom is -0.475 e. The highest BCUT2D eigenvalue weighted by Crippen LogP contribution is 2.25. The Balaban J connectivity index is 1.10. The Morgan fingerprint density at radius 1 is 0.931 bits per heavy atom. The summed E-state index contributed by atoms with van der Waals surface area (Å²) < 4.78 is 5.82. The number of carbonyl (C=O) groups excluding carboxylic acids is 4. The maximum Gasteiger partial charge on any atom is 0.248 e. The van der Waals surface area contributed by atoms with Crippen molar-refractivity contribution in [3.8, 4) is 0 Å². The number of unbranched alkanes of at least 4 members (excludes halogenated alkanes) is 5. The number of hydrogen-bond acceptors (Lipinski definition) is 9. The number of carbonyl (C=O) groups is 4. The van der Waals surface area contributed by atoms with Gasteiger partial charge in [0.1, 0.15) is 30.7 Å². The Hall–Kier alpha value is -5.43. The van der Waals surface area contributed by atoms with Gasteiger partial charge in [-0.2, -0.15) is 0 Å². The molecule has 3 atom stereocenters. The first-order chi connectivity index (χ1) is 27.9. The third kappa shape index (κ3) is 14.2. The predicted octanol–water partition coefficient (Wildman–Crippen LogP) is 6.01. The highest BCUT2D eigenvalue weighted by molar-refractivity contribution is 5.98. The maximum atomic E-state index is 13.1. The van der Waals surface area contributed by atoms with Crippen molar-refractivity contribution >= 4 is 46.0 Å². The minimum atomic E-state index is -0.934. The molecule has 7 N–H and O–H groups in total. The molecule has 0 fully saturated rings. The van der Waals surface area contributed by atoms with E-state index in [4.69, 9.17) is 10.5 Å². The zero-order valence-electron chi connectivity index (χ0n) is 34.6. The summed E-state index contributed by atoms with van der Waals surface area (Å²) in [5.74, 6) is -0.494. The Morgan fingerprint density at radius 2 is 1.67 bits per heavy atom. The van der Waals surface area contributed by atoms with Crippen LogP contribution in [0.2, 0.25) is 0 Å². The molecule has 4 rings (SSSR count). The van der Waals surface area contributed by atoms with E-state index in [0.29, 0.717) is 43.4 Å². The van der Waals surface area contributed by atoms with Gasteiger partial charge in [-0.15, -0.1) is 0 Å². The molecular weight excluding hydrogens is 735 g/mol. The number of amides is 4. The molecule has 4 amide bonds. The molecule has 13 heteroatoms. The number of aliphatic hydroxyl groups is 1. The highest BCUT2D eigenvalue weighted by atomic mass is 16.5. The summed E-state index contributed by atoms with van der Waals surface area (Å²) in [6, 6.07) is 14.1. The van der Waals surface area contributed by atoms with E-state index in [1.807, 2.05) is 32.0 Å². The Morgan fingerprint density at radius 3 is 2.38 bits per heavy atom. The molecule has 0 aliphatic carbocycles. The molecule has 0 saturated carbocycles. The van der Waals surface area contributed by atoms with Crippen LogP contribution in [-0.4, -0.2) is 70.0 Å². The van der Waals surface area contributed by atoms with Gasteiger partial charge in [-0.3, -0.25) is 19.2 Å². The standard InChI is InChI=1S/C45H63N7O6/c1-6-7-9-16-35-28-37-34(17-14-18-38(37)50-43(35)46)15-10-8-12-26-47-32(5)58-29-33-20-22-36(23-21-33)49-44(56)31(4)48-45(57)42(30(2)3)51-39(53)19-11-13-27-52-40(54)24-25-41(52)55/h14,17-18,20-25,28,30-31,40,42,47,54H,5-13,15-16,19,26-27,29H2,1-4H3,(H2,46,50)(H,48,57)(H,49,56)(H,51,53)/t31-,40?,42-/m0/s1. The van der Waals surface area contributed by atoms with Gasteiger partial charge in [-0.25, -0.2) is 4.98 Å². The van der Waals surface area contributed by atoms with Gasteiger partial charge in [0.05, 0.1) is 5.52 Å². The summed E-state index contributed by atoms with van der Waals surface area (Å²) in [4.78, 5) is 56.4. The van der Waals surface area contributed by atoms with Crippen molar-refractivity contribution in [2.75, 3.05) is 24.1 Å². The first-order valence-corrected chi connectivity index (χ1v) is 20.7. The number of fused-ring (bicyclic) bond motifs is 1. The number of nitrogens with zero attached hydrogens (tertiary/aromatic N) is 2. The van der Waals surface area contributed by atoms with E-state index in [1.165, 1.54) is 40.8 Å². The average Bonchev–Trinajstić information content (AvgIpc) is 3.52. The molecule has 58 heavy (non-hydrogen) atoms. The number of ether oxygens (including phenoxy) is 1. The molecule has 13 nitrogen and oxygen atoms in total. The lowest BCUT2D eigenvalue weighted by Crippen LogP contribution is -2.53. The molecule has 1 aliphatic heterocycles. The maximum absolute atomic E-state index is 13.1. The first-order valence-electron chi connectivity index (χ1n) is 20.7. The molecule has 3 aromatic rings. The minimum absolute atomic E-state index is 0.160. The van der Waals surface area contributed by atoms with Gasteiger partial charge >= 0.3 is 0 Å². The number of anilines is 2. The molecular formula is C45H63N7O6. The van der Waals surface area contributed by atoms with Crippen LogP contribution in [0.3, 0.4) is 0 Å². The Kier molecular flexibility index (Phi) is 18.0. The zero-order chi connectivity index (χ0) is 42.0. The second-order valence-corrected chi connectivity index (χ2v) is 15.4. The van der Waals surface area contributed by atoms with Crippen molar-refractivity contribution in [2.24, 2.45) is 5.92 Å². The number of hydrogen-bond donors (Lipinski definition) is 6. The molecule has 0 spiro atoms. The van der Waals surface area contributed by atoms with Crippen LogP contribution in [0, 0.1) is 5.92 Å². The van der Waals surface area contributed by atoms with Gasteiger partial charge in [0.15, 0.2) is 5.88 Å². The lowest BCUT2D eigenvalue weighted by atomic mass is 9.99. The Bertz CT molecular complexity index is 1880. The van der Waals surface area contributed by atoms with Crippen LogP contribution in [0.5, 0.6) is 0 Å². The van der Waals surface area contributed by atoms with Crippen LogP contribution >= 0.6 is 0 Å². The zero-order valence-corrected chi connectivity index (χ0v) is 34.6. The number of aliphatic hydroxyl groups excluding tert-OH is 1. The SMILES string of the molecule is C=C(NCCCCCc1cccc2nc(N)c(CCCCC)cc12)OCc1ccc(NC(=O)[C@H](C)NC(=O)[C@@H](NC(=O)CCCCN2C(=O)C=CC2O)C(C)C)cc1. The molecule has 314 valence electrons. The number of aromatic nitrogens is 1. The smallest absolute Gasteiger partial charge is 0.248 e. The molecule has 0 saturated heterocycles. The number of nitrogens with two attached hydrogens (primary N) is 1. The lowest BCUT2D eigenvalue weighted by Gasteiger charge is -2.24. The second kappa shape index (κ2) is 23.1. The van der Waals surface area contributed by atoms with E-state index in [1.54, 1.807) is 19.1 Å². The van der Waals surface area contributed by atoms with Crippen LogP contribution in [0.15, 0.2) is 73.1 Å². The molecule has 2 heterocycles. The van der Waals surface area contributed by atoms with Crippen LogP contribution in [0.4, 0.5) is 11.5 Å². The number of rotatable bonds is 25. The molecule has 0 bridgehead atoms. The van der Waals surface area contributed by atoms with Crippen molar-refractivity contribution in [3.05, 3.63) is 89.8 Å². The number of benzene rings is 2. The molecule has 1 unspecified atom stereocenters. The average molecular weight is 798 g/mol. The number of nitrogen functional groups attached to an aromatic ring is 1. The van der Waals surface area contributed by atoms with Gasteiger partial charge in [-0.1, -0.05) is 64.3 Å². The van der Waals surface area contributed by atoms with Crippen LogP contribution in [-0.2, 0) is 43.4 Å². The fraction of sp³-hybridized carbons (Fsp3) is 0.489. The molecule has 1 aromatic heterocycles. The van der Waals surface area contributed by atoms with Crippen molar-refractivity contribution in [1.29, 1.82) is 0 Å². The predicted molar refractivity (Wildman–Crippen MR) is 229 cm³/mol. The van der Waals surface area contributed by atoms with E-state index >= 15 is 0 Å². The topological polar surface area (TPSA) is 188 Å². The lowest BCUT2D eigenvalue weighted by molar-refractivity contribution is -0.132. The fourth-order valence-electron chi connectivity index (χ4n) is 6.76. The van der Waals surface area contributed by atoms with E-state index in [2.05, 4.69) is 58.0 Å². The van der Waals surface area contributed by atoms with Crippen LogP contribution in [0.1, 0.15) is 102 Å². The molecule has 1 aliphatic rings. The normalized spacial score (nSPS) is 14.7. The molecule has 2 aromatic carbocycles. The highest BCUT2D eigenvalue weighted by Gasteiger charge is 2.27. The van der Waals surface area contributed by atoms with Gasteiger partial charge in [0.2, 0.25) is 23.6 Å². The molecule has 0 radical (unpaired) electrons. The van der Waals surface area contributed by atoms with Gasteiger partial charge < -0.3 is 41.7 Å². The third-order valence-corrected chi connectivity index (χ3v) is 10.3. The summed E-state index contributed by atoms with van der Waals surface area (Å²) in [5, 5.41) is 22.6. The van der Waals surface area contributed by atoms with Crippen LogP contribution < -0.4 is 27.0 Å². The third-order valence-electron chi connectivity index (χ3n) is 10.3. The number of pyridine rings is 1. The van der Waals surface area contributed by atoms with E-state index in [-0.39, 0.29) is 24.2 Å². The second-order valence-electron chi connectivity index (χ2n) is 15.4. The Labute approximate surface area is 343 Å².